The first kappa shape index (κ1) is 16.1. The van der Waals surface area contributed by atoms with Gasteiger partial charge in [0.25, 0.3) is 0 Å². The Morgan fingerprint density at radius 1 is 1.44 bits per heavy atom. The molecule has 18 heavy (non-hydrogen) atoms. The zero-order chi connectivity index (χ0) is 13.7. The molecule has 1 saturated heterocycles. The first-order chi connectivity index (χ1) is 8.47. The summed E-state index contributed by atoms with van der Waals surface area (Å²) >= 11 is 0. The molecule has 0 aliphatic carbocycles. The lowest BCUT2D eigenvalue weighted by Gasteiger charge is -2.43. The predicted octanol–water partition coefficient (Wildman–Crippen LogP) is 1.85. The zero-order valence-electron chi connectivity index (χ0n) is 12.6. The van der Waals surface area contributed by atoms with Crippen LogP contribution in [-0.4, -0.2) is 52.3 Å². The Labute approximate surface area is 115 Å². The van der Waals surface area contributed by atoms with E-state index in [9.17, 15) is 4.21 Å². The Morgan fingerprint density at radius 3 is 2.67 bits per heavy atom. The molecule has 1 aliphatic heterocycles. The molecular weight excluding hydrogens is 244 g/mol. The second kappa shape index (κ2) is 7.61. The van der Waals surface area contributed by atoms with E-state index in [2.05, 4.69) is 37.9 Å². The van der Waals surface area contributed by atoms with Crippen molar-refractivity contribution in [2.75, 3.05) is 25.9 Å². The first-order valence-corrected chi connectivity index (χ1v) is 8.89. The van der Waals surface area contributed by atoms with Crippen molar-refractivity contribution in [3.63, 3.8) is 0 Å². The van der Waals surface area contributed by atoms with E-state index in [1.54, 1.807) is 0 Å². The summed E-state index contributed by atoms with van der Waals surface area (Å²) in [5, 5.41) is 3.94. The van der Waals surface area contributed by atoms with Crippen LogP contribution in [0.15, 0.2) is 0 Å². The third kappa shape index (κ3) is 4.32. The Hall–Kier alpha value is 0.0700. The van der Waals surface area contributed by atoms with E-state index in [-0.39, 0.29) is 5.25 Å². The van der Waals surface area contributed by atoms with E-state index in [0.717, 1.165) is 19.6 Å². The molecule has 0 aromatic carbocycles. The topological polar surface area (TPSA) is 32.3 Å². The second-order valence-corrected chi connectivity index (χ2v) is 7.56. The van der Waals surface area contributed by atoms with E-state index in [1.807, 2.05) is 6.26 Å². The van der Waals surface area contributed by atoms with Gasteiger partial charge in [-0.05, 0) is 45.7 Å². The fourth-order valence-corrected chi connectivity index (χ4v) is 3.15. The molecule has 0 spiro atoms. The SMILES string of the molecule is CCCNC1CCN(CC(C)S(C)=O)C(C)C1C. The molecule has 3 nitrogen and oxygen atoms in total. The van der Waals surface area contributed by atoms with Gasteiger partial charge in [-0.3, -0.25) is 9.11 Å². The summed E-state index contributed by atoms with van der Waals surface area (Å²) in [5.74, 6) is 0.669. The van der Waals surface area contributed by atoms with E-state index < -0.39 is 10.8 Å². The quantitative estimate of drug-likeness (QED) is 0.802. The minimum Gasteiger partial charge on any atom is -0.314 e. The molecule has 1 rings (SSSR count). The van der Waals surface area contributed by atoms with Crippen LogP contribution in [0, 0.1) is 5.92 Å². The molecule has 0 saturated carbocycles. The zero-order valence-corrected chi connectivity index (χ0v) is 13.4. The third-order valence-electron chi connectivity index (χ3n) is 4.41. The Kier molecular flexibility index (Phi) is 6.82. The van der Waals surface area contributed by atoms with Crippen molar-refractivity contribution in [1.82, 2.24) is 10.2 Å². The molecule has 1 fully saturated rings. The summed E-state index contributed by atoms with van der Waals surface area (Å²) in [6, 6.07) is 1.23. The van der Waals surface area contributed by atoms with Crippen LogP contribution in [0.4, 0.5) is 0 Å². The van der Waals surface area contributed by atoms with Gasteiger partial charge in [0.15, 0.2) is 0 Å². The van der Waals surface area contributed by atoms with Crippen molar-refractivity contribution >= 4 is 10.8 Å². The van der Waals surface area contributed by atoms with Crippen molar-refractivity contribution < 1.29 is 4.21 Å². The molecular formula is C14H30N2OS. The van der Waals surface area contributed by atoms with E-state index in [4.69, 9.17) is 0 Å². The highest BCUT2D eigenvalue weighted by Crippen LogP contribution is 2.24. The molecule has 0 bridgehead atoms. The average Bonchev–Trinajstić information content (AvgIpc) is 2.34. The lowest BCUT2D eigenvalue weighted by atomic mass is 9.87. The van der Waals surface area contributed by atoms with Gasteiger partial charge >= 0.3 is 0 Å². The van der Waals surface area contributed by atoms with Crippen LogP contribution in [0.1, 0.15) is 40.5 Å². The molecule has 1 aliphatic rings. The summed E-state index contributed by atoms with van der Waals surface area (Å²) < 4.78 is 11.5. The van der Waals surface area contributed by atoms with Gasteiger partial charge < -0.3 is 5.32 Å². The van der Waals surface area contributed by atoms with Gasteiger partial charge in [0.2, 0.25) is 0 Å². The van der Waals surface area contributed by atoms with Gasteiger partial charge in [-0.1, -0.05) is 13.8 Å². The maximum atomic E-state index is 11.5. The highest BCUT2D eigenvalue weighted by Gasteiger charge is 2.32. The van der Waals surface area contributed by atoms with Gasteiger partial charge in [-0.2, -0.15) is 0 Å². The van der Waals surface area contributed by atoms with Gasteiger partial charge in [0.05, 0.1) is 0 Å². The van der Waals surface area contributed by atoms with E-state index in [1.165, 1.54) is 12.8 Å². The molecule has 5 atom stereocenters. The van der Waals surface area contributed by atoms with Crippen molar-refractivity contribution in [2.24, 2.45) is 5.92 Å². The lowest BCUT2D eigenvalue weighted by molar-refractivity contribution is 0.0862. The number of nitrogens with one attached hydrogen (secondary N) is 1. The average molecular weight is 274 g/mol. The van der Waals surface area contributed by atoms with Gasteiger partial charge in [0, 0.05) is 40.9 Å². The smallest absolute Gasteiger partial charge is 0.0444 e. The van der Waals surface area contributed by atoms with Crippen molar-refractivity contribution in [3.8, 4) is 0 Å². The van der Waals surface area contributed by atoms with Gasteiger partial charge in [-0.15, -0.1) is 0 Å². The second-order valence-electron chi connectivity index (χ2n) is 5.75. The third-order valence-corrected chi connectivity index (χ3v) is 5.70. The summed E-state index contributed by atoms with van der Waals surface area (Å²) in [4.78, 5) is 2.51. The minimum absolute atomic E-state index is 0.278. The maximum Gasteiger partial charge on any atom is 0.0444 e. The van der Waals surface area contributed by atoms with Crippen LogP contribution in [0.25, 0.3) is 0 Å². The number of rotatable bonds is 6. The van der Waals surface area contributed by atoms with Crippen LogP contribution < -0.4 is 5.32 Å². The van der Waals surface area contributed by atoms with Crippen molar-refractivity contribution in [2.45, 2.75) is 57.9 Å². The summed E-state index contributed by atoms with van der Waals surface area (Å²) in [7, 11) is -0.709. The van der Waals surface area contributed by atoms with Crippen molar-refractivity contribution in [3.05, 3.63) is 0 Å². The summed E-state index contributed by atoms with van der Waals surface area (Å²) in [6.07, 6.45) is 4.23. The molecule has 5 unspecified atom stereocenters. The van der Waals surface area contributed by atoms with Crippen molar-refractivity contribution in [1.29, 1.82) is 0 Å². The Morgan fingerprint density at radius 2 is 2.11 bits per heavy atom. The lowest BCUT2D eigenvalue weighted by Crippen LogP contribution is -2.55. The molecule has 0 radical (unpaired) electrons. The Bertz CT molecular complexity index is 273. The number of hydrogen-bond donors (Lipinski definition) is 1. The Balaban J connectivity index is 2.49. The molecule has 0 amide bonds. The fraction of sp³-hybridized carbons (Fsp3) is 1.00. The number of nitrogens with zero attached hydrogens (tertiary/aromatic N) is 1. The van der Waals surface area contributed by atoms with E-state index >= 15 is 0 Å². The standard InChI is InChI=1S/C14H30N2OS/c1-6-8-15-14-7-9-16(13(4)12(14)3)10-11(2)18(5)17/h11-15H,6-10H2,1-5H3. The molecule has 0 aromatic heterocycles. The molecule has 1 heterocycles. The van der Waals surface area contributed by atoms with Crippen LogP contribution in [-0.2, 0) is 10.8 Å². The number of piperidine rings is 1. The number of hydrogen-bond acceptors (Lipinski definition) is 3. The maximum absolute atomic E-state index is 11.5. The highest BCUT2D eigenvalue weighted by atomic mass is 32.2. The number of likely N-dealkylation sites (tertiary alicyclic amines) is 1. The van der Waals surface area contributed by atoms with Gasteiger partial charge in [-0.25, -0.2) is 0 Å². The van der Waals surface area contributed by atoms with Crippen LogP contribution in [0.5, 0.6) is 0 Å². The minimum atomic E-state index is -0.709. The molecule has 4 heteroatoms. The fourth-order valence-electron chi connectivity index (χ4n) is 2.75. The van der Waals surface area contributed by atoms with Crippen LogP contribution in [0.2, 0.25) is 0 Å². The molecule has 1 N–H and O–H groups in total. The molecule has 108 valence electrons. The van der Waals surface area contributed by atoms with Gasteiger partial charge in [0.1, 0.15) is 0 Å². The largest absolute Gasteiger partial charge is 0.314 e. The monoisotopic (exact) mass is 274 g/mol. The highest BCUT2D eigenvalue weighted by molar-refractivity contribution is 7.84. The summed E-state index contributed by atoms with van der Waals surface area (Å²) in [6.45, 7) is 12.2. The normalized spacial score (nSPS) is 33.3. The summed E-state index contributed by atoms with van der Waals surface area (Å²) in [5.41, 5.74) is 0. The van der Waals surface area contributed by atoms with Crippen LogP contribution in [0.3, 0.4) is 0 Å². The predicted molar refractivity (Wildman–Crippen MR) is 80.4 cm³/mol. The van der Waals surface area contributed by atoms with Crippen LogP contribution >= 0.6 is 0 Å². The van der Waals surface area contributed by atoms with E-state index in [0.29, 0.717) is 18.0 Å². The molecule has 0 aromatic rings. The first-order valence-electron chi connectivity index (χ1n) is 7.27.